The van der Waals surface area contributed by atoms with Crippen molar-refractivity contribution in [2.24, 2.45) is 5.92 Å². The Morgan fingerprint density at radius 1 is 1.47 bits per heavy atom. The number of nitrogens with one attached hydrogen (secondary N) is 1. The fraction of sp³-hybridized carbons (Fsp3) is 0.583. The Labute approximate surface area is 92.5 Å². The van der Waals surface area contributed by atoms with Gasteiger partial charge < -0.3 is 10.2 Å². The number of anilines is 2. The maximum absolute atomic E-state index is 4.22. The number of rotatable bonds is 5. The minimum Gasteiger partial charge on any atom is -0.373 e. The molecule has 0 saturated heterocycles. The van der Waals surface area contributed by atoms with Gasteiger partial charge in [-0.05, 0) is 18.9 Å². The lowest BCUT2D eigenvalue weighted by Gasteiger charge is -2.25. The molecule has 0 unspecified atom stereocenters. The van der Waals surface area contributed by atoms with E-state index in [2.05, 4.69) is 48.1 Å². The number of nitrogens with zero attached hydrogens (tertiary/aromatic N) is 2. The van der Waals surface area contributed by atoms with Crippen LogP contribution in [0.1, 0.15) is 20.8 Å². The summed E-state index contributed by atoms with van der Waals surface area (Å²) in [6, 6.07) is 4.15. The molecule has 0 spiro atoms. The summed E-state index contributed by atoms with van der Waals surface area (Å²) in [5, 5.41) is 3.06. The van der Waals surface area contributed by atoms with Crippen molar-refractivity contribution in [1.82, 2.24) is 4.98 Å². The van der Waals surface area contributed by atoms with Crippen molar-refractivity contribution in [3.05, 3.63) is 18.3 Å². The van der Waals surface area contributed by atoms with Crippen molar-refractivity contribution in [3.8, 4) is 0 Å². The third-order valence-electron chi connectivity index (χ3n) is 2.33. The molecule has 1 aromatic rings. The number of aromatic nitrogens is 1. The summed E-state index contributed by atoms with van der Waals surface area (Å²) in [7, 11) is 1.89. The molecule has 1 rings (SSSR count). The normalized spacial score (nSPS) is 10.5. The van der Waals surface area contributed by atoms with Crippen LogP contribution in [-0.2, 0) is 0 Å². The smallest absolute Gasteiger partial charge is 0.127 e. The SMILES string of the molecule is CCN(CC(C)C)c1ccnc(NC)c1. The second-order valence-corrected chi connectivity index (χ2v) is 4.08. The molecule has 1 aromatic heterocycles. The van der Waals surface area contributed by atoms with Gasteiger partial charge in [0.1, 0.15) is 5.82 Å². The molecule has 0 bridgehead atoms. The van der Waals surface area contributed by atoms with Crippen LogP contribution in [0.2, 0.25) is 0 Å². The van der Waals surface area contributed by atoms with Crippen molar-refractivity contribution in [3.63, 3.8) is 0 Å². The molecule has 0 aliphatic carbocycles. The number of hydrogen-bond acceptors (Lipinski definition) is 3. The zero-order valence-electron chi connectivity index (χ0n) is 10.1. The standard InChI is InChI=1S/C12H21N3/c1-5-15(9-10(2)3)11-6-7-14-12(8-11)13-4/h6-8,10H,5,9H2,1-4H3,(H,13,14). The summed E-state index contributed by atoms with van der Waals surface area (Å²) in [5.74, 6) is 1.60. The van der Waals surface area contributed by atoms with Crippen molar-refractivity contribution < 1.29 is 0 Å². The van der Waals surface area contributed by atoms with Gasteiger partial charge in [0.25, 0.3) is 0 Å². The fourth-order valence-electron chi connectivity index (χ4n) is 1.61. The zero-order chi connectivity index (χ0) is 11.3. The van der Waals surface area contributed by atoms with E-state index in [1.54, 1.807) is 0 Å². The van der Waals surface area contributed by atoms with Gasteiger partial charge in [0.05, 0.1) is 0 Å². The molecule has 1 N–H and O–H groups in total. The monoisotopic (exact) mass is 207 g/mol. The first kappa shape index (κ1) is 11.8. The molecule has 0 saturated carbocycles. The van der Waals surface area contributed by atoms with Crippen molar-refractivity contribution >= 4 is 11.5 Å². The van der Waals surface area contributed by atoms with E-state index in [9.17, 15) is 0 Å². The Kier molecular flexibility index (Phi) is 4.40. The Morgan fingerprint density at radius 3 is 2.73 bits per heavy atom. The van der Waals surface area contributed by atoms with Crippen molar-refractivity contribution in [1.29, 1.82) is 0 Å². The molecule has 1 heterocycles. The molecule has 0 amide bonds. The molecule has 0 atom stereocenters. The molecular weight excluding hydrogens is 186 g/mol. The molecule has 0 fully saturated rings. The first-order valence-corrected chi connectivity index (χ1v) is 5.56. The van der Waals surface area contributed by atoms with Crippen LogP contribution < -0.4 is 10.2 Å². The van der Waals surface area contributed by atoms with Crippen LogP contribution in [0.15, 0.2) is 18.3 Å². The highest BCUT2D eigenvalue weighted by Crippen LogP contribution is 2.17. The van der Waals surface area contributed by atoms with E-state index < -0.39 is 0 Å². The number of pyridine rings is 1. The lowest BCUT2D eigenvalue weighted by molar-refractivity contribution is 0.618. The summed E-state index contributed by atoms with van der Waals surface area (Å²) >= 11 is 0. The third kappa shape index (κ3) is 3.42. The lowest BCUT2D eigenvalue weighted by Crippen LogP contribution is -2.27. The largest absolute Gasteiger partial charge is 0.373 e. The second kappa shape index (κ2) is 5.59. The first-order valence-electron chi connectivity index (χ1n) is 5.56. The Morgan fingerprint density at radius 2 is 2.20 bits per heavy atom. The fourth-order valence-corrected chi connectivity index (χ4v) is 1.61. The number of hydrogen-bond donors (Lipinski definition) is 1. The first-order chi connectivity index (χ1) is 7.17. The maximum Gasteiger partial charge on any atom is 0.127 e. The van der Waals surface area contributed by atoms with Gasteiger partial charge in [0.2, 0.25) is 0 Å². The predicted octanol–water partition coefficient (Wildman–Crippen LogP) is 2.61. The van der Waals surface area contributed by atoms with E-state index in [0.717, 1.165) is 18.9 Å². The third-order valence-corrected chi connectivity index (χ3v) is 2.33. The average Bonchev–Trinajstić information content (AvgIpc) is 2.25. The van der Waals surface area contributed by atoms with E-state index in [4.69, 9.17) is 0 Å². The zero-order valence-corrected chi connectivity index (χ0v) is 10.1. The minimum absolute atomic E-state index is 0.677. The summed E-state index contributed by atoms with van der Waals surface area (Å²) in [4.78, 5) is 6.58. The Balaban J connectivity index is 2.81. The van der Waals surface area contributed by atoms with Gasteiger partial charge in [-0.15, -0.1) is 0 Å². The van der Waals surface area contributed by atoms with E-state index >= 15 is 0 Å². The molecule has 0 aliphatic heterocycles. The highest BCUT2D eigenvalue weighted by molar-refractivity contribution is 5.53. The molecule has 3 heteroatoms. The molecule has 0 aromatic carbocycles. The van der Waals surface area contributed by atoms with Crippen LogP contribution in [0.4, 0.5) is 11.5 Å². The van der Waals surface area contributed by atoms with Gasteiger partial charge in [-0.3, -0.25) is 0 Å². The highest BCUT2D eigenvalue weighted by atomic mass is 15.1. The van der Waals surface area contributed by atoms with Gasteiger partial charge in [-0.1, -0.05) is 13.8 Å². The van der Waals surface area contributed by atoms with Gasteiger partial charge in [0, 0.05) is 38.1 Å². The molecule has 15 heavy (non-hydrogen) atoms. The summed E-state index contributed by atoms with van der Waals surface area (Å²) < 4.78 is 0. The topological polar surface area (TPSA) is 28.2 Å². The van der Waals surface area contributed by atoms with Crippen LogP contribution in [0.25, 0.3) is 0 Å². The lowest BCUT2D eigenvalue weighted by atomic mass is 10.2. The quantitative estimate of drug-likeness (QED) is 0.804. The predicted molar refractivity (Wildman–Crippen MR) is 66.5 cm³/mol. The highest BCUT2D eigenvalue weighted by Gasteiger charge is 2.06. The van der Waals surface area contributed by atoms with Crippen LogP contribution >= 0.6 is 0 Å². The van der Waals surface area contributed by atoms with Gasteiger partial charge in [-0.2, -0.15) is 0 Å². The second-order valence-electron chi connectivity index (χ2n) is 4.08. The maximum atomic E-state index is 4.22. The van der Waals surface area contributed by atoms with E-state index in [1.165, 1.54) is 5.69 Å². The minimum atomic E-state index is 0.677. The molecule has 0 radical (unpaired) electrons. The molecular formula is C12H21N3. The van der Waals surface area contributed by atoms with E-state index in [1.807, 2.05) is 13.2 Å². The van der Waals surface area contributed by atoms with Crippen molar-refractivity contribution in [2.75, 3.05) is 30.4 Å². The van der Waals surface area contributed by atoms with Gasteiger partial charge >= 0.3 is 0 Å². The summed E-state index contributed by atoms with van der Waals surface area (Å²) in [6.45, 7) is 8.78. The van der Waals surface area contributed by atoms with Crippen molar-refractivity contribution in [2.45, 2.75) is 20.8 Å². The average molecular weight is 207 g/mol. The van der Waals surface area contributed by atoms with Crippen LogP contribution in [0.5, 0.6) is 0 Å². The molecule has 0 aliphatic rings. The van der Waals surface area contributed by atoms with Gasteiger partial charge in [0.15, 0.2) is 0 Å². The Bertz CT molecular complexity index is 297. The van der Waals surface area contributed by atoms with Crippen LogP contribution in [0, 0.1) is 5.92 Å². The van der Waals surface area contributed by atoms with E-state index in [-0.39, 0.29) is 0 Å². The van der Waals surface area contributed by atoms with E-state index in [0.29, 0.717) is 5.92 Å². The van der Waals surface area contributed by atoms with Crippen LogP contribution in [0.3, 0.4) is 0 Å². The van der Waals surface area contributed by atoms with Gasteiger partial charge in [-0.25, -0.2) is 4.98 Å². The summed E-state index contributed by atoms with van der Waals surface area (Å²) in [5.41, 5.74) is 1.24. The summed E-state index contributed by atoms with van der Waals surface area (Å²) in [6.07, 6.45) is 1.85. The Hall–Kier alpha value is -1.25. The van der Waals surface area contributed by atoms with Crippen LogP contribution in [-0.4, -0.2) is 25.1 Å². The molecule has 84 valence electrons. The molecule has 3 nitrogen and oxygen atoms in total.